The Morgan fingerprint density at radius 3 is 2.50 bits per heavy atom. The lowest BCUT2D eigenvalue weighted by Crippen LogP contribution is -2.05. The molecule has 0 spiro atoms. The zero-order chi connectivity index (χ0) is 14.5. The first-order valence-corrected chi connectivity index (χ1v) is 6.84. The van der Waals surface area contributed by atoms with Gasteiger partial charge in [-0.15, -0.1) is 0 Å². The van der Waals surface area contributed by atoms with E-state index >= 15 is 0 Å². The summed E-state index contributed by atoms with van der Waals surface area (Å²) in [4.78, 5) is 4.35. The van der Waals surface area contributed by atoms with Gasteiger partial charge >= 0.3 is 0 Å². The molecule has 0 saturated carbocycles. The minimum Gasteiger partial charge on any atom is -0.497 e. The van der Waals surface area contributed by atoms with Crippen molar-refractivity contribution in [2.24, 2.45) is 0 Å². The SMILES string of the molecule is COc1ccc(CCC(O)c2ncc(C)cc2C)cc1. The minimum atomic E-state index is -0.516. The number of hydrogen-bond acceptors (Lipinski definition) is 3. The summed E-state index contributed by atoms with van der Waals surface area (Å²) in [7, 11) is 1.66. The summed E-state index contributed by atoms with van der Waals surface area (Å²) < 4.78 is 5.13. The second-order valence-electron chi connectivity index (χ2n) is 5.12. The molecule has 0 aliphatic heterocycles. The zero-order valence-electron chi connectivity index (χ0n) is 12.3. The molecule has 1 N–H and O–H groups in total. The van der Waals surface area contributed by atoms with Gasteiger partial charge in [-0.05, 0) is 55.5 Å². The Balaban J connectivity index is 1.98. The molecular formula is C17H21NO2. The van der Waals surface area contributed by atoms with Crippen LogP contribution in [0.5, 0.6) is 5.75 Å². The smallest absolute Gasteiger partial charge is 0.118 e. The fourth-order valence-electron chi connectivity index (χ4n) is 2.31. The van der Waals surface area contributed by atoms with Gasteiger partial charge in [0, 0.05) is 6.20 Å². The third-order valence-corrected chi connectivity index (χ3v) is 3.44. The van der Waals surface area contributed by atoms with Gasteiger partial charge in [0.2, 0.25) is 0 Å². The van der Waals surface area contributed by atoms with Crippen LogP contribution in [-0.4, -0.2) is 17.2 Å². The molecular weight excluding hydrogens is 250 g/mol. The molecule has 2 rings (SSSR count). The van der Waals surface area contributed by atoms with Crippen LogP contribution in [0.25, 0.3) is 0 Å². The second-order valence-corrected chi connectivity index (χ2v) is 5.12. The van der Waals surface area contributed by atoms with Crippen LogP contribution in [0.4, 0.5) is 0 Å². The van der Waals surface area contributed by atoms with Gasteiger partial charge in [0.15, 0.2) is 0 Å². The van der Waals surface area contributed by atoms with E-state index in [1.165, 1.54) is 5.56 Å². The summed E-state index contributed by atoms with van der Waals surface area (Å²) in [6.45, 7) is 4.00. The summed E-state index contributed by atoms with van der Waals surface area (Å²) in [5, 5.41) is 10.3. The van der Waals surface area contributed by atoms with E-state index in [1.807, 2.05) is 38.1 Å². The molecule has 20 heavy (non-hydrogen) atoms. The van der Waals surface area contributed by atoms with Gasteiger partial charge in [0.25, 0.3) is 0 Å². The number of benzene rings is 1. The zero-order valence-corrected chi connectivity index (χ0v) is 12.3. The van der Waals surface area contributed by atoms with E-state index in [1.54, 1.807) is 13.3 Å². The number of rotatable bonds is 5. The number of aromatic nitrogens is 1. The quantitative estimate of drug-likeness (QED) is 0.906. The molecule has 1 aromatic carbocycles. The van der Waals surface area contributed by atoms with E-state index < -0.39 is 6.10 Å². The van der Waals surface area contributed by atoms with Crippen molar-refractivity contribution in [1.29, 1.82) is 0 Å². The molecule has 0 aliphatic rings. The van der Waals surface area contributed by atoms with E-state index in [4.69, 9.17) is 4.74 Å². The monoisotopic (exact) mass is 271 g/mol. The van der Waals surface area contributed by atoms with Crippen LogP contribution < -0.4 is 4.74 Å². The normalized spacial score (nSPS) is 12.2. The highest BCUT2D eigenvalue weighted by Crippen LogP contribution is 2.21. The van der Waals surface area contributed by atoms with Gasteiger partial charge in [-0.3, -0.25) is 4.98 Å². The van der Waals surface area contributed by atoms with E-state index in [-0.39, 0.29) is 0 Å². The maximum atomic E-state index is 10.3. The van der Waals surface area contributed by atoms with Gasteiger partial charge in [-0.2, -0.15) is 0 Å². The maximum Gasteiger partial charge on any atom is 0.118 e. The lowest BCUT2D eigenvalue weighted by molar-refractivity contribution is 0.162. The van der Waals surface area contributed by atoms with Crippen LogP contribution in [0.1, 0.15) is 34.9 Å². The Kier molecular flexibility index (Phi) is 4.74. The van der Waals surface area contributed by atoms with Crippen molar-refractivity contribution >= 4 is 0 Å². The van der Waals surface area contributed by atoms with Gasteiger partial charge in [-0.25, -0.2) is 0 Å². The Bertz CT molecular complexity index is 564. The van der Waals surface area contributed by atoms with Crippen LogP contribution in [0.2, 0.25) is 0 Å². The van der Waals surface area contributed by atoms with Crippen LogP contribution >= 0.6 is 0 Å². The van der Waals surface area contributed by atoms with Gasteiger partial charge in [0.05, 0.1) is 18.9 Å². The highest BCUT2D eigenvalue weighted by Gasteiger charge is 2.12. The van der Waals surface area contributed by atoms with Crippen molar-refractivity contribution in [3.63, 3.8) is 0 Å². The first kappa shape index (κ1) is 14.5. The van der Waals surface area contributed by atoms with Crippen molar-refractivity contribution < 1.29 is 9.84 Å². The molecule has 0 amide bonds. The fraction of sp³-hybridized carbons (Fsp3) is 0.353. The summed E-state index contributed by atoms with van der Waals surface area (Å²) >= 11 is 0. The Morgan fingerprint density at radius 2 is 1.90 bits per heavy atom. The molecule has 0 radical (unpaired) electrons. The van der Waals surface area contributed by atoms with E-state index in [9.17, 15) is 5.11 Å². The van der Waals surface area contributed by atoms with Crippen molar-refractivity contribution in [2.45, 2.75) is 32.8 Å². The summed E-state index contributed by atoms with van der Waals surface area (Å²) in [5.74, 6) is 0.852. The molecule has 3 heteroatoms. The lowest BCUT2D eigenvalue weighted by atomic mass is 10.0. The molecule has 106 valence electrons. The molecule has 1 atom stereocenters. The number of pyridine rings is 1. The molecule has 2 aromatic rings. The third kappa shape index (κ3) is 3.58. The topological polar surface area (TPSA) is 42.4 Å². The average molecular weight is 271 g/mol. The van der Waals surface area contributed by atoms with Gasteiger partial charge in [-0.1, -0.05) is 18.2 Å². The number of nitrogens with zero attached hydrogens (tertiary/aromatic N) is 1. The highest BCUT2D eigenvalue weighted by atomic mass is 16.5. The molecule has 0 bridgehead atoms. The van der Waals surface area contributed by atoms with Crippen molar-refractivity contribution in [3.8, 4) is 5.75 Å². The Hall–Kier alpha value is -1.87. The summed E-state index contributed by atoms with van der Waals surface area (Å²) in [6, 6.07) is 10.00. The van der Waals surface area contributed by atoms with Crippen molar-refractivity contribution in [1.82, 2.24) is 4.98 Å². The minimum absolute atomic E-state index is 0.516. The number of aliphatic hydroxyl groups is 1. The van der Waals surface area contributed by atoms with Crippen LogP contribution in [0.3, 0.4) is 0 Å². The standard InChI is InChI=1S/C17H21NO2/c1-12-10-13(2)17(18-11-12)16(19)9-6-14-4-7-15(20-3)8-5-14/h4-5,7-8,10-11,16,19H,6,9H2,1-3H3. The number of aliphatic hydroxyl groups excluding tert-OH is 1. The third-order valence-electron chi connectivity index (χ3n) is 3.44. The van der Waals surface area contributed by atoms with Crippen molar-refractivity contribution in [3.05, 3.63) is 58.9 Å². The van der Waals surface area contributed by atoms with E-state index in [2.05, 4.69) is 11.1 Å². The summed E-state index contributed by atoms with van der Waals surface area (Å²) in [6.07, 6.45) is 2.78. The van der Waals surface area contributed by atoms with E-state index in [0.29, 0.717) is 6.42 Å². The number of hydrogen-bond donors (Lipinski definition) is 1. The first-order valence-electron chi connectivity index (χ1n) is 6.84. The fourth-order valence-corrected chi connectivity index (χ4v) is 2.31. The van der Waals surface area contributed by atoms with Crippen molar-refractivity contribution in [2.75, 3.05) is 7.11 Å². The molecule has 0 saturated heterocycles. The Labute approximate surface area is 120 Å². The van der Waals surface area contributed by atoms with Crippen LogP contribution in [0, 0.1) is 13.8 Å². The van der Waals surface area contributed by atoms with Gasteiger partial charge < -0.3 is 9.84 Å². The average Bonchev–Trinajstić information content (AvgIpc) is 2.45. The predicted molar refractivity (Wildman–Crippen MR) is 80.0 cm³/mol. The molecule has 0 aliphatic carbocycles. The number of ether oxygens (including phenoxy) is 1. The molecule has 1 unspecified atom stereocenters. The van der Waals surface area contributed by atoms with Gasteiger partial charge in [0.1, 0.15) is 5.75 Å². The molecule has 0 fully saturated rings. The van der Waals surface area contributed by atoms with E-state index in [0.717, 1.165) is 29.0 Å². The number of aryl methyl sites for hydroxylation is 3. The molecule has 1 aromatic heterocycles. The lowest BCUT2D eigenvalue weighted by Gasteiger charge is -2.13. The second kappa shape index (κ2) is 6.53. The highest BCUT2D eigenvalue weighted by molar-refractivity contribution is 5.28. The Morgan fingerprint density at radius 1 is 1.20 bits per heavy atom. The van der Waals surface area contributed by atoms with Crippen LogP contribution in [-0.2, 0) is 6.42 Å². The largest absolute Gasteiger partial charge is 0.497 e. The van der Waals surface area contributed by atoms with Crippen LogP contribution in [0.15, 0.2) is 36.5 Å². The number of methoxy groups -OCH3 is 1. The molecule has 1 heterocycles. The molecule has 3 nitrogen and oxygen atoms in total. The summed E-state index contributed by atoms with van der Waals surface area (Å²) in [5.41, 5.74) is 4.14. The predicted octanol–water partition coefficient (Wildman–Crippen LogP) is 3.37. The maximum absolute atomic E-state index is 10.3. The first-order chi connectivity index (χ1) is 9.60.